The summed E-state index contributed by atoms with van der Waals surface area (Å²) in [5, 5.41) is 2.94. The molecule has 4 heteroatoms. The number of rotatable bonds is 4. The molecule has 1 atom stereocenters. The molecule has 0 aliphatic carbocycles. The lowest BCUT2D eigenvalue weighted by molar-refractivity contribution is 0.0943. The largest absolute Gasteiger partial charge is 0.351 e. The van der Waals surface area contributed by atoms with E-state index in [1.165, 1.54) is 12.8 Å². The second-order valence-corrected chi connectivity index (χ2v) is 5.05. The van der Waals surface area contributed by atoms with Crippen LogP contribution in [0, 0.1) is 5.92 Å². The fourth-order valence-electron chi connectivity index (χ4n) is 2.42. The van der Waals surface area contributed by atoms with E-state index >= 15 is 0 Å². The van der Waals surface area contributed by atoms with Crippen molar-refractivity contribution >= 4 is 5.91 Å². The summed E-state index contributed by atoms with van der Waals surface area (Å²) in [5.41, 5.74) is 0.629. The highest BCUT2D eigenvalue weighted by atomic mass is 16.1. The molecule has 1 unspecified atom stereocenters. The van der Waals surface area contributed by atoms with Crippen LogP contribution < -0.4 is 5.32 Å². The Bertz CT molecular complexity index is 380. The van der Waals surface area contributed by atoms with Gasteiger partial charge in [0.2, 0.25) is 0 Å². The van der Waals surface area contributed by atoms with Gasteiger partial charge in [0.05, 0.1) is 5.56 Å². The average Bonchev–Trinajstić information content (AvgIpc) is 2.40. The standard InChI is InChI=1S/C14H21N3O/c1-12-4-3-8-17(11-12)9-7-16-14(18)13-5-2-6-15-10-13/h2,5-6,10,12H,3-4,7-9,11H2,1H3,(H,16,18). The molecule has 4 nitrogen and oxygen atoms in total. The van der Waals surface area contributed by atoms with E-state index in [1.54, 1.807) is 24.5 Å². The van der Waals surface area contributed by atoms with E-state index < -0.39 is 0 Å². The minimum Gasteiger partial charge on any atom is -0.351 e. The summed E-state index contributed by atoms with van der Waals surface area (Å²) in [6.45, 7) is 6.26. The van der Waals surface area contributed by atoms with Gasteiger partial charge in [-0.3, -0.25) is 9.78 Å². The van der Waals surface area contributed by atoms with Crippen molar-refractivity contribution in [3.8, 4) is 0 Å². The molecule has 1 saturated heterocycles. The van der Waals surface area contributed by atoms with Gasteiger partial charge in [-0.2, -0.15) is 0 Å². The zero-order valence-electron chi connectivity index (χ0n) is 10.9. The van der Waals surface area contributed by atoms with Gasteiger partial charge in [-0.1, -0.05) is 6.92 Å². The quantitative estimate of drug-likeness (QED) is 0.878. The predicted molar refractivity (Wildman–Crippen MR) is 71.4 cm³/mol. The molecule has 2 rings (SSSR count). The van der Waals surface area contributed by atoms with Crippen LogP contribution in [0.1, 0.15) is 30.1 Å². The second kappa shape index (κ2) is 6.50. The molecule has 1 aliphatic heterocycles. The van der Waals surface area contributed by atoms with Crippen molar-refractivity contribution in [2.45, 2.75) is 19.8 Å². The Morgan fingerprint density at radius 2 is 2.50 bits per heavy atom. The van der Waals surface area contributed by atoms with E-state index in [2.05, 4.69) is 22.1 Å². The van der Waals surface area contributed by atoms with Crippen molar-refractivity contribution in [2.24, 2.45) is 5.92 Å². The Morgan fingerprint density at radius 3 is 3.22 bits per heavy atom. The van der Waals surface area contributed by atoms with E-state index in [9.17, 15) is 4.79 Å². The highest BCUT2D eigenvalue weighted by Gasteiger charge is 2.15. The number of piperidine rings is 1. The molecule has 1 fully saturated rings. The lowest BCUT2D eigenvalue weighted by atomic mass is 10.0. The molecule has 0 bridgehead atoms. The molecule has 0 radical (unpaired) electrons. The third kappa shape index (κ3) is 3.81. The number of aromatic nitrogens is 1. The van der Waals surface area contributed by atoms with Crippen molar-refractivity contribution in [1.82, 2.24) is 15.2 Å². The summed E-state index contributed by atoms with van der Waals surface area (Å²) in [7, 11) is 0. The molecule has 0 saturated carbocycles. The normalized spacial score (nSPS) is 20.6. The van der Waals surface area contributed by atoms with Crippen LogP contribution in [0.5, 0.6) is 0 Å². The molecule has 18 heavy (non-hydrogen) atoms. The van der Waals surface area contributed by atoms with Gasteiger partial charge >= 0.3 is 0 Å². The summed E-state index contributed by atoms with van der Waals surface area (Å²) in [5.74, 6) is 0.751. The molecule has 1 N–H and O–H groups in total. The van der Waals surface area contributed by atoms with E-state index in [-0.39, 0.29) is 5.91 Å². The molecule has 1 aromatic heterocycles. The van der Waals surface area contributed by atoms with Crippen molar-refractivity contribution in [2.75, 3.05) is 26.2 Å². The average molecular weight is 247 g/mol. The van der Waals surface area contributed by atoms with Crippen LogP contribution in [0.2, 0.25) is 0 Å². The van der Waals surface area contributed by atoms with Crippen molar-refractivity contribution < 1.29 is 4.79 Å². The van der Waals surface area contributed by atoms with Crippen molar-refractivity contribution in [3.05, 3.63) is 30.1 Å². The summed E-state index contributed by atoms with van der Waals surface area (Å²) in [4.78, 5) is 18.2. The minimum absolute atomic E-state index is 0.0341. The van der Waals surface area contributed by atoms with Crippen LogP contribution in [-0.2, 0) is 0 Å². The van der Waals surface area contributed by atoms with Crippen LogP contribution >= 0.6 is 0 Å². The number of nitrogens with zero attached hydrogens (tertiary/aromatic N) is 2. The zero-order valence-corrected chi connectivity index (χ0v) is 10.9. The monoisotopic (exact) mass is 247 g/mol. The van der Waals surface area contributed by atoms with Gasteiger partial charge in [0, 0.05) is 32.0 Å². The molecule has 1 amide bonds. The molecule has 1 aromatic rings. The van der Waals surface area contributed by atoms with Gasteiger partial charge in [-0.25, -0.2) is 0 Å². The van der Waals surface area contributed by atoms with Crippen molar-refractivity contribution in [3.63, 3.8) is 0 Å². The van der Waals surface area contributed by atoms with Gasteiger partial charge in [0.25, 0.3) is 5.91 Å². The number of carbonyl (C=O) groups is 1. The number of nitrogens with one attached hydrogen (secondary N) is 1. The van der Waals surface area contributed by atoms with Crippen molar-refractivity contribution in [1.29, 1.82) is 0 Å². The summed E-state index contributed by atoms with van der Waals surface area (Å²) in [6.07, 6.45) is 5.88. The number of amides is 1. The lowest BCUT2D eigenvalue weighted by Crippen LogP contribution is -2.40. The van der Waals surface area contributed by atoms with Crippen LogP contribution in [0.3, 0.4) is 0 Å². The van der Waals surface area contributed by atoms with Gasteiger partial charge in [-0.15, -0.1) is 0 Å². The first-order valence-corrected chi connectivity index (χ1v) is 6.66. The third-order valence-electron chi connectivity index (χ3n) is 3.38. The molecule has 0 aromatic carbocycles. The molecular formula is C14H21N3O. The second-order valence-electron chi connectivity index (χ2n) is 5.05. The highest BCUT2D eigenvalue weighted by molar-refractivity contribution is 5.93. The van der Waals surface area contributed by atoms with Gasteiger partial charge in [0.15, 0.2) is 0 Å². The maximum absolute atomic E-state index is 11.8. The zero-order chi connectivity index (χ0) is 12.8. The van der Waals surface area contributed by atoms with E-state index in [4.69, 9.17) is 0 Å². The molecular weight excluding hydrogens is 226 g/mol. The molecule has 0 spiro atoms. The van der Waals surface area contributed by atoms with E-state index in [1.807, 2.05) is 0 Å². The van der Waals surface area contributed by atoms with Gasteiger partial charge in [0.1, 0.15) is 0 Å². The topological polar surface area (TPSA) is 45.2 Å². The first-order valence-electron chi connectivity index (χ1n) is 6.66. The van der Waals surface area contributed by atoms with Crippen LogP contribution in [-0.4, -0.2) is 42.0 Å². The Morgan fingerprint density at radius 1 is 1.61 bits per heavy atom. The third-order valence-corrected chi connectivity index (χ3v) is 3.38. The summed E-state index contributed by atoms with van der Waals surface area (Å²) >= 11 is 0. The number of hydrogen-bond donors (Lipinski definition) is 1. The lowest BCUT2D eigenvalue weighted by Gasteiger charge is -2.30. The summed E-state index contributed by atoms with van der Waals surface area (Å²) < 4.78 is 0. The van der Waals surface area contributed by atoms with Crippen LogP contribution in [0.15, 0.2) is 24.5 Å². The Labute approximate surface area is 108 Å². The SMILES string of the molecule is CC1CCCN(CCNC(=O)c2cccnc2)C1. The first kappa shape index (κ1) is 13.0. The van der Waals surface area contributed by atoms with Gasteiger partial charge < -0.3 is 10.2 Å². The molecule has 2 heterocycles. The number of hydrogen-bond acceptors (Lipinski definition) is 3. The summed E-state index contributed by atoms with van der Waals surface area (Å²) in [6, 6.07) is 3.56. The Balaban J connectivity index is 1.70. The van der Waals surface area contributed by atoms with E-state index in [0.29, 0.717) is 12.1 Å². The fraction of sp³-hybridized carbons (Fsp3) is 0.571. The number of pyridine rings is 1. The van der Waals surface area contributed by atoms with Crippen LogP contribution in [0.4, 0.5) is 0 Å². The highest BCUT2D eigenvalue weighted by Crippen LogP contribution is 2.14. The predicted octanol–water partition coefficient (Wildman–Crippen LogP) is 1.54. The smallest absolute Gasteiger partial charge is 0.252 e. The number of carbonyl (C=O) groups excluding carboxylic acids is 1. The minimum atomic E-state index is -0.0341. The van der Waals surface area contributed by atoms with Gasteiger partial charge in [-0.05, 0) is 37.4 Å². The first-order chi connectivity index (χ1) is 8.75. The Kier molecular flexibility index (Phi) is 4.70. The maximum Gasteiger partial charge on any atom is 0.252 e. The number of likely N-dealkylation sites (tertiary alicyclic amines) is 1. The molecule has 98 valence electrons. The Hall–Kier alpha value is -1.42. The maximum atomic E-state index is 11.8. The fourth-order valence-corrected chi connectivity index (χ4v) is 2.42. The van der Waals surface area contributed by atoms with Crippen LogP contribution in [0.25, 0.3) is 0 Å². The molecule has 1 aliphatic rings. The van der Waals surface area contributed by atoms with E-state index in [0.717, 1.165) is 25.6 Å².